The van der Waals surface area contributed by atoms with Gasteiger partial charge < -0.3 is 4.74 Å². The summed E-state index contributed by atoms with van der Waals surface area (Å²) in [5.41, 5.74) is 0. The molecule has 0 aliphatic carbocycles. The zero-order chi connectivity index (χ0) is 11.0. The Morgan fingerprint density at radius 1 is 1.50 bits per heavy atom. The Bertz CT molecular complexity index is 310. The van der Waals surface area contributed by atoms with E-state index in [1.54, 1.807) is 0 Å². The molecule has 0 saturated carbocycles. The van der Waals surface area contributed by atoms with E-state index in [2.05, 4.69) is 4.74 Å². The number of carbonyl (C=O) groups excluding carboxylic acids is 1. The molecule has 0 aliphatic rings. The lowest BCUT2D eigenvalue weighted by molar-refractivity contribution is -0.140. The molecule has 0 bridgehead atoms. The summed E-state index contributed by atoms with van der Waals surface area (Å²) in [5, 5.41) is 0. The number of esters is 1. The Morgan fingerprint density at radius 3 is 2.64 bits per heavy atom. The molecule has 4 nitrogen and oxygen atoms in total. The van der Waals surface area contributed by atoms with E-state index in [0.29, 0.717) is 0 Å². The lowest BCUT2D eigenvalue weighted by Crippen LogP contribution is -2.20. The van der Waals surface area contributed by atoms with Crippen LogP contribution < -0.4 is 0 Å². The van der Waals surface area contributed by atoms with Crippen LogP contribution in [-0.4, -0.2) is 32.5 Å². The first kappa shape index (κ1) is 13.0. The van der Waals surface area contributed by atoms with Gasteiger partial charge in [0.1, 0.15) is 11.5 Å². The summed E-state index contributed by atoms with van der Waals surface area (Å²) < 4.78 is 26.7. The van der Waals surface area contributed by atoms with E-state index >= 15 is 0 Å². The van der Waals surface area contributed by atoms with Crippen LogP contribution in [0.4, 0.5) is 0 Å². The van der Waals surface area contributed by atoms with E-state index in [1.165, 1.54) is 0 Å². The van der Waals surface area contributed by atoms with Gasteiger partial charge in [0.15, 0.2) is 9.84 Å². The van der Waals surface area contributed by atoms with Crippen molar-refractivity contribution < 1.29 is 17.9 Å². The van der Waals surface area contributed by atoms with Crippen LogP contribution in [0.5, 0.6) is 0 Å². The zero-order valence-electron chi connectivity index (χ0n) is 8.15. The van der Waals surface area contributed by atoms with Gasteiger partial charge in [-0.25, -0.2) is 8.42 Å². The number of hydrogen-bond donors (Lipinski definition) is 0. The smallest absolute Gasteiger partial charge is 0.321 e. The molecule has 5 heteroatoms. The molecular weight excluding hydrogens is 204 g/mol. The van der Waals surface area contributed by atoms with E-state index in [1.807, 2.05) is 12.8 Å². The largest absolute Gasteiger partial charge is 0.465 e. The molecule has 0 atom stereocenters. The number of carbonyl (C=O) groups is 1. The monoisotopic (exact) mass is 218 g/mol. The molecule has 0 N–H and O–H groups in total. The number of ether oxygens (including phenoxy) is 1. The summed E-state index contributed by atoms with van der Waals surface area (Å²) in [6.45, 7) is 2.21. The first-order chi connectivity index (χ1) is 6.52. The topological polar surface area (TPSA) is 60.4 Å². The van der Waals surface area contributed by atoms with Gasteiger partial charge in [-0.15, -0.1) is 6.42 Å². The molecule has 0 aliphatic heterocycles. The van der Waals surface area contributed by atoms with Crippen molar-refractivity contribution in [3.05, 3.63) is 0 Å². The van der Waals surface area contributed by atoms with Gasteiger partial charge in [-0.1, -0.05) is 19.3 Å². The number of sulfone groups is 1. The fourth-order valence-electron chi connectivity index (χ4n) is 0.730. The van der Waals surface area contributed by atoms with Crippen molar-refractivity contribution in [1.29, 1.82) is 0 Å². The molecule has 14 heavy (non-hydrogen) atoms. The van der Waals surface area contributed by atoms with Crippen LogP contribution in [-0.2, 0) is 19.4 Å². The highest BCUT2D eigenvalue weighted by Gasteiger charge is 2.16. The minimum atomic E-state index is -3.48. The fourth-order valence-corrected chi connectivity index (χ4v) is 1.53. The van der Waals surface area contributed by atoms with Gasteiger partial charge >= 0.3 is 5.97 Å². The lowest BCUT2D eigenvalue weighted by atomic mass is 10.4. The maximum Gasteiger partial charge on any atom is 0.321 e. The third-order valence-electron chi connectivity index (χ3n) is 1.40. The van der Waals surface area contributed by atoms with Gasteiger partial charge in [-0.3, -0.25) is 4.79 Å². The molecule has 0 saturated heterocycles. The third-order valence-corrected chi connectivity index (χ3v) is 2.68. The zero-order valence-corrected chi connectivity index (χ0v) is 8.97. The molecule has 0 aromatic heterocycles. The molecule has 0 radical (unpaired) electrons. The van der Waals surface area contributed by atoms with Crippen molar-refractivity contribution in [3.8, 4) is 12.3 Å². The molecule has 0 heterocycles. The first-order valence-corrected chi connectivity index (χ1v) is 6.13. The molecular formula is C9H14O4S. The Balaban J connectivity index is 3.89. The van der Waals surface area contributed by atoms with Gasteiger partial charge in [0.2, 0.25) is 0 Å². The first-order valence-electron chi connectivity index (χ1n) is 4.31. The summed E-state index contributed by atoms with van der Waals surface area (Å²) in [6, 6.07) is 0. The van der Waals surface area contributed by atoms with E-state index in [9.17, 15) is 13.2 Å². The Hall–Kier alpha value is -1.02. The maximum absolute atomic E-state index is 11.0. The lowest BCUT2D eigenvalue weighted by Gasteiger charge is -2.02. The normalized spacial score (nSPS) is 10.6. The second-order valence-corrected chi connectivity index (χ2v) is 4.87. The minimum Gasteiger partial charge on any atom is -0.465 e. The average molecular weight is 218 g/mol. The van der Waals surface area contributed by atoms with E-state index < -0.39 is 27.3 Å². The van der Waals surface area contributed by atoms with Crippen molar-refractivity contribution in [2.75, 3.05) is 18.1 Å². The minimum absolute atomic E-state index is 0.265. The summed E-state index contributed by atoms with van der Waals surface area (Å²) in [7, 11) is -3.48. The van der Waals surface area contributed by atoms with Crippen LogP contribution in [0, 0.1) is 12.3 Å². The van der Waals surface area contributed by atoms with Crippen LogP contribution in [0.15, 0.2) is 0 Å². The molecule has 0 fully saturated rings. The summed E-state index contributed by atoms with van der Waals surface area (Å²) in [5.74, 6) is 0.212. The Labute approximate surface area is 84.6 Å². The van der Waals surface area contributed by atoms with E-state index in [4.69, 9.17) is 6.42 Å². The summed E-state index contributed by atoms with van der Waals surface area (Å²) >= 11 is 0. The SMILES string of the molecule is C#CCS(=O)(=O)CC(=O)OCCCC. The van der Waals surface area contributed by atoms with Crippen LogP contribution in [0.25, 0.3) is 0 Å². The number of hydrogen-bond acceptors (Lipinski definition) is 4. The number of terminal acetylenes is 1. The molecule has 0 amide bonds. The summed E-state index contributed by atoms with van der Waals surface area (Å²) in [4.78, 5) is 10.9. The predicted octanol–water partition coefficient (Wildman–Crippen LogP) is 0.378. The van der Waals surface area contributed by atoms with E-state index in [0.717, 1.165) is 12.8 Å². The van der Waals surface area contributed by atoms with Crippen molar-refractivity contribution in [2.24, 2.45) is 0 Å². The second kappa shape index (κ2) is 6.44. The predicted molar refractivity (Wildman–Crippen MR) is 53.4 cm³/mol. The highest BCUT2D eigenvalue weighted by Crippen LogP contribution is 1.94. The Kier molecular flexibility index (Phi) is 5.97. The van der Waals surface area contributed by atoms with Crippen LogP contribution in [0.2, 0.25) is 0 Å². The standard InChI is InChI=1S/C9H14O4S/c1-3-5-6-13-9(10)8-14(11,12)7-4-2/h2H,3,5-8H2,1H3. The van der Waals surface area contributed by atoms with Crippen molar-refractivity contribution in [3.63, 3.8) is 0 Å². The van der Waals surface area contributed by atoms with Crippen molar-refractivity contribution >= 4 is 15.8 Å². The van der Waals surface area contributed by atoms with Crippen LogP contribution in [0.1, 0.15) is 19.8 Å². The van der Waals surface area contributed by atoms with Gasteiger partial charge in [-0.05, 0) is 6.42 Å². The van der Waals surface area contributed by atoms with Gasteiger partial charge in [0, 0.05) is 0 Å². The van der Waals surface area contributed by atoms with Crippen molar-refractivity contribution in [2.45, 2.75) is 19.8 Å². The van der Waals surface area contributed by atoms with Crippen LogP contribution in [0.3, 0.4) is 0 Å². The average Bonchev–Trinajstić information content (AvgIpc) is 2.03. The van der Waals surface area contributed by atoms with Gasteiger partial charge in [-0.2, -0.15) is 0 Å². The highest BCUT2D eigenvalue weighted by atomic mass is 32.2. The highest BCUT2D eigenvalue weighted by molar-refractivity contribution is 7.92. The second-order valence-electron chi connectivity index (χ2n) is 2.81. The number of unbranched alkanes of at least 4 members (excludes halogenated alkanes) is 1. The molecule has 0 unspecified atom stereocenters. The molecule has 0 aromatic carbocycles. The number of rotatable bonds is 6. The van der Waals surface area contributed by atoms with Gasteiger partial charge in [0.25, 0.3) is 0 Å². The molecule has 0 aromatic rings. The summed E-state index contributed by atoms with van der Waals surface area (Å²) in [6.07, 6.45) is 6.46. The molecule has 0 rings (SSSR count). The Morgan fingerprint density at radius 2 is 2.14 bits per heavy atom. The molecule has 0 spiro atoms. The molecule has 80 valence electrons. The fraction of sp³-hybridized carbons (Fsp3) is 0.667. The van der Waals surface area contributed by atoms with E-state index in [-0.39, 0.29) is 6.61 Å². The van der Waals surface area contributed by atoms with Crippen molar-refractivity contribution in [1.82, 2.24) is 0 Å². The third kappa shape index (κ3) is 6.49. The van der Waals surface area contributed by atoms with Crippen LogP contribution >= 0.6 is 0 Å². The van der Waals surface area contributed by atoms with Gasteiger partial charge in [0.05, 0.1) is 6.61 Å². The quantitative estimate of drug-likeness (QED) is 0.367. The maximum atomic E-state index is 11.0.